The predicted octanol–water partition coefficient (Wildman–Crippen LogP) is 3.32. The molecule has 2 aromatic rings. The van der Waals surface area contributed by atoms with Gasteiger partial charge in [-0.3, -0.25) is 14.4 Å². The molecule has 0 radical (unpaired) electrons. The lowest BCUT2D eigenvalue weighted by atomic mass is 10.2. The SMILES string of the molecule is O=C(CNC(=O)c1ccc(Br)cc1)OCC(=O)c1ccc(Cl)s1. The Balaban J connectivity index is 1.75. The van der Waals surface area contributed by atoms with Gasteiger partial charge in [-0.05, 0) is 36.4 Å². The van der Waals surface area contributed by atoms with E-state index in [1.165, 1.54) is 0 Å². The highest BCUT2D eigenvalue weighted by Crippen LogP contribution is 2.21. The van der Waals surface area contributed by atoms with E-state index in [4.69, 9.17) is 16.3 Å². The highest BCUT2D eigenvalue weighted by Gasteiger charge is 2.13. The van der Waals surface area contributed by atoms with E-state index in [9.17, 15) is 14.4 Å². The van der Waals surface area contributed by atoms with Gasteiger partial charge in [0.1, 0.15) is 6.54 Å². The number of nitrogens with one attached hydrogen (secondary N) is 1. The summed E-state index contributed by atoms with van der Waals surface area (Å²) in [4.78, 5) is 35.5. The molecule has 23 heavy (non-hydrogen) atoms. The van der Waals surface area contributed by atoms with Crippen LogP contribution >= 0.6 is 38.9 Å². The molecule has 0 saturated heterocycles. The molecule has 8 heteroatoms. The molecule has 0 aliphatic heterocycles. The molecule has 1 amide bonds. The van der Waals surface area contributed by atoms with Crippen molar-refractivity contribution in [3.63, 3.8) is 0 Å². The average Bonchev–Trinajstić information content (AvgIpc) is 2.97. The summed E-state index contributed by atoms with van der Waals surface area (Å²) < 4.78 is 6.16. The third-order valence-electron chi connectivity index (χ3n) is 2.71. The molecule has 0 spiro atoms. The summed E-state index contributed by atoms with van der Waals surface area (Å²) in [5.74, 6) is -1.42. The minimum Gasteiger partial charge on any atom is -0.456 e. The number of benzene rings is 1. The lowest BCUT2D eigenvalue weighted by Gasteiger charge is -2.06. The zero-order chi connectivity index (χ0) is 16.8. The van der Waals surface area contributed by atoms with E-state index in [1.807, 2.05) is 0 Å². The smallest absolute Gasteiger partial charge is 0.325 e. The zero-order valence-corrected chi connectivity index (χ0v) is 14.8. The highest BCUT2D eigenvalue weighted by atomic mass is 79.9. The molecule has 0 bridgehead atoms. The number of carbonyl (C=O) groups excluding carboxylic acids is 3. The number of ketones is 1. The number of hydrogen-bond acceptors (Lipinski definition) is 5. The van der Waals surface area contributed by atoms with Crippen molar-refractivity contribution in [3.8, 4) is 0 Å². The van der Waals surface area contributed by atoms with E-state index in [1.54, 1.807) is 36.4 Å². The Labute approximate surface area is 149 Å². The van der Waals surface area contributed by atoms with Crippen molar-refractivity contribution in [2.24, 2.45) is 0 Å². The first kappa shape index (κ1) is 17.7. The number of rotatable bonds is 6. The van der Waals surface area contributed by atoms with Crippen molar-refractivity contribution < 1.29 is 19.1 Å². The van der Waals surface area contributed by atoms with Gasteiger partial charge in [0.25, 0.3) is 5.91 Å². The Bertz CT molecular complexity index is 729. The van der Waals surface area contributed by atoms with Gasteiger partial charge in [0.05, 0.1) is 9.21 Å². The van der Waals surface area contributed by atoms with Crippen molar-refractivity contribution in [3.05, 3.63) is 55.6 Å². The second-order valence-electron chi connectivity index (χ2n) is 4.38. The third-order valence-corrected chi connectivity index (χ3v) is 4.51. The van der Waals surface area contributed by atoms with Gasteiger partial charge in [-0.2, -0.15) is 0 Å². The number of esters is 1. The molecular formula is C15H11BrClNO4S. The van der Waals surface area contributed by atoms with Crippen LogP contribution in [0.2, 0.25) is 4.34 Å². The molecule has 0 unspecified atom stereocenters. The van der Waals surface area contributed by atoms with Crippen LogP contribution in [0.5, 0.6) is 0 Å². The second kappa shape index (κ2) is 8.24. The standard InChI is InChI=1S/C15H11BrClNO4S/c16-10-3-1-9(2-4-10)15(21)18-7-14(20)22-8-11(19)12-5-6-13(17)23-12/h1-6H,7-8H2,(H,18,21). The first-order valence-corrected chi connectivity index (χ1v) is 8.42. The van der Waals surface area contributed by atoms with Crippen LogP contribution in [0.15, 0.2) is 40.9 Å². The van der Waals surface area contributed by atoms with Crippen LogP contribution in [0.3, 0.4) is 0 Å². The number of hydrogen-bond donors (Lipinski definition) is 1. The van der Waals surface area contributed by atoms with Gasteiger partial charge in [-0.25, -0.2) is 0 Å². The summed E-state index contributed by atoms with van der Waals surface area (Å²) in [7, 11) is 0. The third kappa shape index (κ3) is 5.46. The molecule has 5 nitrogen and oxygen atoms in total. The Morgan fingerprint density at radius 1 is 1.13 bits per heavy atom. The normalized spacial score (nSPS) is 10.2. The lowest BCUT2D eigenvalue weighted by molar-refractivity contribution is -0.141. The fourth-order valence-electron chi connectivity index (χ4n) is 1.59. The van der Waals surface area contributed by atoms with Crippen molar-refractivity contribution in [1.29, 1.82) is 0 Å². The summed E-state index contributed by atoms with van der Waals surface area (Å²) in [6.45, 7) is -0.697. The molecule has 1 aromatic heterocycles. The Morgan fingerprint density at radius 3 is 2.43 bits per heavy atom. The maximum atomic E-state index is 11.8. The van der Waals surface area contributed by atoms with Crippen LogP contribution in [0, 0.1) is 0 Å². The van der Waals surface area contributed by atoms with Gasteiger partial charge in [0, 0.05) is 10.0 Å². The van der Waals surface area contributed by atoms with Crippen LogP contribution in [0.4, 0.5) is 0 Å². The van der Waals surface area contributed by atoms with Gasteiger partial charge in [0.15, 0.2) is 6.61 Å². The molecule has 1 N–H and O–H groups in total. The zero-order valence-electron chi connectivity index (χ0n) is 11.7. The lowest BCUT2D eigenvalue weighted by Crippen LogP contribution is -2.31. The van der Waals surface area contributed by atoms with E-state index in [0.717, 1.165) is 15.8 Å². The second-order valence-corrected chi connectivity index (χ2v) is 7.01. The summed E-state index contributed by atoms with van der Waals surface area (Å²) >= 11 is 10.1. The van der Waals surface area contributed by atoms with Crippen LogP contribution in [0.1, 0.15) is 20.0 Å². The quantitative estimate of drug-likeness (QED) is 0.579. The van der Waals surface area contributed by atoms with Crippen molar-refractivity contribution in [2.75, 3.05) is 13.2 Å². The molecular weight excluding hydrogens is 406 g/mol. The number of Topliss-reactive ketones (excluding diaryl/α,β-unsaturated/α-hetero) is 1. The molecule has 120 valence electrons. The average molecular weight is 417 g/mol. The topological polar surface area (TPSA) is 72.5 Å². The molecule has 0 atom stereocenters. The van der Waals surface area contributed by atoms with E-state index in [-0.39, 0.29) is 18.9 Å². The van der Waals surface area contributed by atoms with Gasteiger partial charge < -0.3 is 10.1 Å². The summed E-state index contributed by atoms with van der Waals surface area (Å²) in [5, 5.41) is 2.43. The maximum absolute atomic E-state index is 11.8. The molecule has 0 aliphatic carbocycles. The minimum atomic E-state index is -0.688. The molecule has 0 aliphatic rings. The Hall–Kier alpha value is -1.70. The largest absolute Gasteiger partial charge is 0.456 e. The van der Waals surface area contributed by atoms with E-state index >= 15 is 0 Å². The summed E-state index contributed by atoms with van der Waals surface area (Å²) in [6, 6.07) is 9.85. The predicted molar refractivity (Wildman–Crippen MR) is 91.1 cm³/mol. The molecule has 1 aromatic carbocycles. The van der Waals surface area contributed by atoms with E-state index < -0.39 is 11.9 Å². The molecule has 1 heterocycles. The Kier molecular flexibility index (Phi) is 6.32. The first-order chi connectivity index (χ1) is 11.0. The van der Waals surface area contributed by atoms with Gasteiger partial charge in [0.2, 0.25) is 5.78 Å². The summed E-state index contributed by atoms with van der Waals surface area (Å²) in [6.07, 6.45) is 0. The van der Waals surface area contributed by atoms with Gasteiger partial charge >= 0.3 is 5.97 Å². The van der Waals surface area contributed by atoms with Crippen LogP contribution in [-0.4, -0.2) is 30.8 Å². The number of ether oxygens (including phenoxy) is 1. The number of thiophene rings is 1. The highest BCUT2D eigenvalue weighted by molar-refractivity contribution is 9.10. The van der Waals surface area contributed by atoms with Crippen LogP contribution in [-0.2, 0) is 9.53 Å². The fourth-order valence-corrected chi connectivity index (χ4v) is 2.82. The van der Waals surface area contributed by atoms with Crippen LogP contribution in [0.25, 0.3) is 0 Å². The first-order valence-electron chi connectivity index (χ1n) is 6.43. The fraction of sp³-hybridized carbons (Fsp3) is 0.133. The maximum Gasteiger partial charge on any atom is 0.325 e. The Morgan fingerprint density at radius 2 is 1.83 bits per heavy atom. The van der Waals surface area contributed by atoms with Crippen molar-refractivity contribution in [1.82, 2.24) is 5.32 Å². The van der Waals surface area contributed by atoms with Crippen molar-refractivity contribution in [2.45, 2.75) is 0 Å². The van der Waals surface area contributed by atoms with E-state index in [2.05, 4.69) is 21.2 Å². The monoisotopic (exact) mass is 415 g/mol. The number of halogens is 2. The van der Waals surface area contributed by atoms with Gasteiger partial charge in [-0.15, -0.1) is 11.3 Å². The van der Waals surface area contributed by atoms with E-state index in [0.29, 0.717) is 14.8 Å². The molecule has 0 fully saturated rings. The molecule has 0 saturated carbocycles. The number of amides is 1. The minimum absolute atomic E-state index is 0.312. The number of carbonyl (C=O) groups is 3. The van der Waals surface area contributed by atoms with Gasteiger partial charge in [-0.1, -0.05) is 27.5 Å². The molecule has 2 rings (SSSR count). The van der Waals surface area contributed by atoms with Crippen LogP contribution < -0.4 is 5.32 Å². The van der Waals surface area contributed by atoms with Crippen molar-refractivity contribution >= 4 is 56.5 Å². The summed E-state index contributed by atoms with van der Waals surface area (Å²) in [5.41, 5.74) is 0.422.